The fourth-order valence-corrected chi connectivity index (χ4v) is 2.44. The van der Waals surface area contributed by atoms with E-state index in [1.807, 2.05) is 0 Å². The molecular weight excluding hydrogens is 226 g/mol. The van der Waals surface area contributed by atoms with Crippen molar-refractivity contribution in [2.24, 2.45) is 5.92 Å². The molecule has 0 spiro atoms. The van der Waals surface area contributed by atoms with Gasteiger partial charge in [0.25, 0.3) is 0 Å². The van der Waals surface area contributed by atoms with Crippen molar-refractivity contribution in [3.05, 3.63) is 0 Å². The van der Waals surface area contributed by atoms with Gasteiger partial charge in [-0.15, -0.1) is 0 Å². The second kappa shape index (κ2) is 8.13. The zero-order chi connectivity index (χ0) is 13.4. The maximum atomic E-state index is 5.60. The molecule has 1 rings (SSSR count). The number of nitrogens with one attached hydrogen (secondary N) is 1. The van der Waals surface area contributed by atoms with Crippen LogP contribution in [0, 0.1) is 5.92 Å². The minimum Gasteiger partial charge on any atom is -0.378 e. The van der Waals surface area contributed by atoms with Crippen LogP contribution in [-0.2, 0) is 9.47 Å². The van der Waals surface area contributed by atoms with Crippen molar-refractivity contribution < 1.29 is 9.47 Å². The predicted octanol–water partition coefficient (Wildman–Crippen LogP) is 2.99. The van der Waals surface area contributed by atoms with Crippen LogP contribution in [0.2, 0.25) is 0 Å². The first-order valence-electron chi connectivity index (χ1n) is 7.44. The molecule has 0 heterocycles. The molecule has 0 radical (unpaired) electrons. The lowest BCUT2D eigenvalue weighted by atomic mass is 9.86. The summed E-state index contributed by atoms with van der Waals surface area (Å²) in [5.41, 5.74) is -0.0564. The number of hydrogen-bond donors (Lipinski definition) is 1. The third kappa shape index (κ3) is 7.34. The fourth-order valence-electron chi connectivity index (χ4n) is 2.44. The van der Waals surface area contributed by atoms with Crippen LogP contribution >= 0.6 is 0 Å². The van der Waals surface area contributed by atoms with Crippen molar-refractivity contribution in [2.75, 3.05) is 26.4 Å². The highest BCUT2D eigenvalue weighted by Gasteiger charge is 2.19. The van der Waals surface area contributed by atoms with Crippen LogP contribution in [0.25, 0.3) is 0 Å². The lowest BCUT2D eigenvalue weighted by Crippen LogP contribution is -2.39. The highest BCUT2D eigenvalue weighted by atomic mass is 16.5. The first-order valence-corrected chi connectivity index (χ1v) is 7.44. The summed E-state index contributed by atoms with van der Waals surface area (Å²) in [6.45, 7) is 11.7. The molecule has 2 unspecified atom stereocenters. The van der Waals surface area contributed by atoms with E-state index in [0.29, 0.717) is 19.3 Å². The van der Waals surface area contributed by atoms with Crippen LogP contribution in [-0.4, -0.2) is 38.0 Å². The van der Waals surface area contributed by atoms with E-state index < -0.39 is 0 Å². The average Bonchev–Trinajstić information content (AvgIpc) is 2.28. The number of hydrogen-bond acceptors (Lipinski definition) is 3. The SMILES string of the molecule is CC1CCCCC1NCCOCCOC(C)(C)C. The summed E-state index contributed by atoms with van der Waals surface area (Å²) in [6, 6.07) is 0.702. The summed E-state index contributed by atoms with van der Waals surface area (Å²) < 4.78 is 11.2. The van der Waals surface area contributed by atoms with Gasteiger partial charge >= 0.3 is 0 Å². The van der Waals surface area contributed by atoms with Gasteiger partial charge in [0.15, 0.2) is 0 Å². The van der Waals surface area contributed by atoms with Crippen molar-refractivity contribution in [3.8, 4) is 0 Å². The minimum atomic E-state index is -0.0564. The molecule has 0 saturated heterocycles. The van der Waals surface area contributed by atoms with E-state index in [-0.39, 0.29) is 5.60 Å². The Kier molecular flexibility index (Phi) is 7.20. The molecule has 1 N–H and O–H groups in total. The summed E-state index contributed by atoms with van der Waals surface area (Å²) in [5, 5.41) is 3.61. The zero-order valence-corrected chi connectivity index (χ0v) is 12.6. The molecular formula is C15H31NO2. The summed E-state index contributed by atoms with van der Waals surface area (Å²) >= 11 is 0. The van der Waals surface area contributed by atoms with Gasteiger partial charge in [-0.2, -0.15) is 0 Å². The minimum absolute atomic E-state index is 0.0564. The molecule has 1 saturated carbocycles. The van der Waals surface area contributed by atoms with Gasteiger partial charge in [-0.3, -0.25) is 0 Å². The quantitative estimate of drug-likeness (QED) is 0.711. The Bertz CT molecular complexity index is 213. The third-order valence-electron chi connectivity index (χ3n) is 3.53. The van der Waals surface area contributed by atoms with Gasteiger partial charge in [-0.1, -0.05) is 19.8 Å². The first kappa shape index (κ1) is 15.9. The van der Waals surface area contributed by atoms with E-state index >= 15 is 0 Å². The molecule has 0 bridgehead atoms. The molecule has 0 aromatic heterocycles. The van der Waals surface area contributed by atoms with Gasteiger partial charge in [0.1, 0.15) is 0 Å². The summed E-state index contributed by atoms with van der Waals surface area (Å²) in [4.78, 5) is 0. The zero-order valence-electron chi connectivity index (χ0n) is 12.6. The van der Waals surface area contributed by atoms with Gasteiger partial charge in [-0.05, 0) is 39.5 Å². The number of rotatable bonds is 7. The molecule has 1 aliphatic carbocycles. The maximum absolute atomic E-state index is 5.60. The Morgan fingerprint density at radius 2 is 1.78 bits per heavy atom. The maximum Gasteiger partial charge on any atom is 0.0707 e. The topological polar surface area (TPSA) is 30.5 Å². The van der Waals surface area contributed by atoms with Crippen molar-refractivity contribution in [3.63, 3.8) is 0 Å². The van der Waals surface area contributed by atoms with Crippen molar-refractivity contribution in [1.29, 1.82) is 0 Å². The van der Waals surface area contributed by atoms with E-state index in [2.05, 4.69) is 33.0 Å². The van der Waals surface area contributed by atoms with Crippen LogP contribution in [0.5, 0.6) is 0 Å². The van der Waals surface area contributed by atoms with Crippen LogP contribution in [0.3, 0.4) is 0 Å². The van der Waals surface area contributed by atoms with Crippen molar-refractivity contribution in [1.82, 2.24) is 5.32 Å². The van der Waals surface area contributed by atoms with E-state index in [0.717, 1.165) is 19.1 Å². The lowest BCUT2D eigenvalue weighted by molar-refractivity contribution is -0.0346. The van der Waals surface area contributed by atoms with Gasteiger partial charge in [0.2, 0.25) is 0 Å². The Morgan fingerprint density at radius 3 is 2.44 bits per heavy atom. The highest BCUT2D eigenvalue weighted by molar-refractivity contribution is 4.77. The summed E-state index contributed by atoms with van der Waals surface area (Å²) in [7, 11) is 0. The van der Waals surface area contributed by atoms with Gasteiger partial charge in [0.05, 0.1) is 25.4 Å². The van der Waals surface area contributed by atoms with Gasteiger partial charge in [0, 0.05) is 12.6 Å². The summed E-state index contributed by atoms with van der Waals surface area (Å²) in [6.07, 6.45) is 5.48. The van der Waals surface area contributed by atoms with Gasteiger partial charge in [-0.25, -0.2) is 0 Å². The second-order valence-corrected chi connectivity index (χ2v) is 6.40. The normalized spacial score (nSPS) is 25.3. The molecule has 3 heteroatoms. The smallest absolute Gasteiger partial charge is 0.0707 e. The van der Waals surface area contributed by atoms with Crippen LogP contribution in [0.1, 0.15) is 53.4 Å². The van der Waals surface area contributed by atoms with E-state index in [1.54, 1.807) is 0 Å². The molecule has 108 valence electrons. The second-order valence-electron chi connectivity index (χ2n) is 6.40. The average molecular weight is 257 g/mol. The molecule has 0 aromatic carbocycles. The van der Waals surface area contributed by atoms with Crippen LogP contribution in [0.15, 0.2) is 0 Å². The Hall–Kier alpha value is -0.120. The summed E-state index contributed by atoms with van der Waals surface area (Å²) in [5.74, 6) is 0.822. The molecule has 0 amide bonds. The van der Waals surface area contributed by atoms with Gasteiger partial charge < -0.3 is 14.8 Å². The Morgan fingerprint density at radius 1 is 1.06 bits per heavy atom. The predicted molar refractivity (Wildman–Crippen MR) is 75.9 cm³/mol. The monoisotopic (exact) mass is 257 g/mol. The first-order chi connectivity index (χ1) is 8.49. The van der Waals surface area contributed by atoms with E-state index in [1.165, 1.54) is 25.7 Å². The van der Waals surface area contributed by atoms with E-state index in [4.69, 9.17) is 9.47 Å². The molecule has 1 aliphatic rings. The molecule has 0 aliphatic heterocycles. The Labute approximate surface area is 113 Å². The Balaban J connectivity index is 1.92. The van der Waals surface area contributed by atoms with Crippen LogP contribution in [0.4, 0.5) is 0 Å². The standard InChI is InChI=1S/C15H31NO2/c1-13-7-5-6-8-14(13)16-9-10-17-11-12-18-15(2,3)4/h13-14,16H,5-12H2,1-4H3. The molecule has 1 fully saturated rings. The molecule has 2 atom stereocenters. The molecule has 3 nitrogen and oxygen atoms in total. The number of ether oxygens (including phenoxy) is 2. The highest BCUT2D eigenvalue weighted by Crippen LogP contribution is 2.23. The molecule has 0 aromatic rings. The van der Waals surface area contributed by atoms with Crippen LogP contribution < -0.4 is 5.32 Å². The lowest BCUT2D eigenvalue weighted by Gasteiger charge is -2.29. The largest absolute Gasteiger partial charge is 0.378 e. The molecule has 18 heavy (non-hydrogen) atoms. The fraction of sp³-hybridized carbons (Fsp3) is 1.00. The van der Waals surface area contributed by atoms with Crippen molar-refractivity contribution in [2.45, 2.75) is 65.0 Å². The van der Waals surface area contributed by atoms with Crippen molar-refractivity contribution >= 4 is 0 Å². The van der Waals surface area contributed by atoms with E-state index in [9.17, 15) is 0 Å². The third-order valence-corrected chi connectivity index (χ3v) is 3.53.